The highest BCUT2D eigenvalue weighted by molar-refractivity contribution is 6.38. The molecule has 0 radical (unpaired) electrons. The SMILES string of the molecule is CC(NC(=O)C(Cc1ccccc1)NC(=O)c1cccc(Oc2ccccc2)c1)C(=O)NC(C(=O)C(=O)NC1CCCCC1)C(C)C. The molecule has 10 nitrogen and oxygen atoms in total. The molecule has 10 heteroatoms. The van der Waals surface area contributed by atoms with E-state index in [2.05, 4.69) is 21.3 Å². The fraction of sp³-hybridized carbons (Fsp3) is 0.378. The Morgan fingerprint density at radius 2 is 1.36 bits per heavy atom. The van der Waals surface area contributed by atoms with Gasteiger partial charge in [0.25, 0.3) is 11.8 Å². The number of amides is 4. The molecule has 3 aromatic rings. The Labute approximate surface area is 276 Å². The molecule has 3 aromatic carbocycles. The maximum absolute atomic E-state index is 13.6. The van der Waals surface area contributed by atoms with Crippen LogP contribution in [0.3, 0.4) is 0 Å². The van der Waals surface area contributed by atoms with Gasteiger partial charge in [0, 0.05) is 18.0 Å². The molecule has 4 N–H and O–H groups in total. The van der Waals surface area contributed by atoms with Crippen LogP contribution in [-0.2, 0) is 25.6 Å². The second-order valence-corrected chi connectivity index (χ2v) is 12.3. The van der Waals surface area contributed by atoms with Crippen LogP contribution >= 0.6 is 0 Å². The van der Waals surface area contributed by atoms with Crippen molar-refractivity contribution in [1.82, 2.24) is 21.3 Å². The minimum Gasteiger partial charge on any atom is -0.457 e. The van der Waals surface area contributed by atoms with Crippen molar-refractivity contribution < 1.29 is 28.7 Å². The Morgan fingerprint density at radius 1 is 0.723 bits per heavy atom. The summed E-state index contributed by atoms with van der Waals surface area (Å²) in [4.78, 5) is 66.0. The first-order valence-corrected chi connectivity index (χ1v) is 16.2. The van der Waals surface area contributed by atoms with E-state index >= 15 is 0 Å². The molecule has 0 aliphatic heterocycles. The van der Waals surface area contributed by atoms with Crippen molar-refractivity contribution in [2.24, 2.45) is 5.92 Å². The van der Waals surface area contributed by atoms with E-state index in [1.807, 2.05) is 48.5 Å². The second-order valence-electron chi connectivity index (χ2n) is 12.3. The van der Waals surface area contributed by atoms with Gasteiger partial charge in [-0.05, 0) is 61.6 Å². The number of carbonyl (C=O) groups is 5. The third-order valence-corrected chi connectivity index (χ3v) is 8.14. The first-order valence-electron chi connectivity index (χ1n) is 16.2. The predicted octanol–water partition coefficient (Wildman–Crippen LogP) is 4.48. The van der Waals surface area contributed by atoms with E-state index in [0.717, 1.165) is 37.7 Å². The van der Waals surface area contributed by atoms with Gasteiger partial charge in [-0.2, -0.15) is 0 Å². The summed E-state index contributed by atoms with van der Waals surface area (Å²) in [6, 6.07) is 21.8. The molecule has 0 saturated heterocycles. The quantitative estimate of drug-likeness (QED) is 0.192. The zero-order valence-corrected chi connectivity index (χ0v) is 27.2. The van der Waals surface area contributed by atoms with Gasteiger partial charge in [0.2, 0.25) is 17.6 Å². The third-order valence-electron chi connectivity index (χ3n) is 8.14. The van der Waals surface area contributed by atoms with Crippen molar-refractivity contribution in [3.05, 3.63) is 96.1 Å². The van der Waals surface area contributed by atoms with E-state index in [1.165, 1.54) is 6.92 Å². The molecule has 47 heavy (non-hydrogen) atoms. The van der Waals surface area contributed by atoms with E-state index in [1.54, 1.807) is 50.2 Å². The number of ether oxygens (including phenoxy) is 1. The summed E-state index contributed by atoms with van der Waals surface area (Å²) in [5.41, 5.74) is 1.10. The highest BCUT2D eigenvalue weighted by Crippen LogP contribution is 2.22. The van der Waals surface area contributed by atoms with Crippen molar-refractivity contribution in [3.63, 3.8) is 0 Å². The zero-order valence-electron chi connectivity index (χ0n) is 27.2. The topological polar surface area (TPSA) is 143 Å². The Morgan fingerprint density at radius 3 is 2.02 bits per heavy atom. The molecule has 0 heterocycles. The van der Waals surface area contributed by atoms with Gasteiger partial charge in [-0.25, -0.2) is 0 Å². The number of benzene rings is 3. The number of hydrogen-bond donors (Lipinski definition) is 4. The molecule has 0 bridgehead atoms. The van der Waals surface area contributed by atoms with Crippen molar-refractivity contribution in [2.45, 2.75) is 83.5 Å². The predicted molar refractivity (Wildman–Crippen MR) is 179 cm³/mol. The molecule has 0 aromatic heterocycles. The minimum atomic E-state index is -1.06. The minimum absolute atomic E-state index is 0.0439. The van der Waals surface area contributed by atoms with Crippen LogP contribution in [0.1, 0.15) is 68.8 Å². The summed E-state index contributed by atoms with van der Waals surface area (Å²) in [7, 11) is 0. The lowest BCUT2D eigenvalue weighted by Crippen LogP contribution is -2.57. The van der Waals surface area contributed by atoms with Crippen LogP contribution in [0.15, 0.2) is 84.9 Å². The molecular formula is C37H44N4O6. The van der Waals surface area contributed by atoms with Crippen LogP contribution in [0.5, 0.6) is 11.5 Å². The highest BCUT2D eigenvalue weighted by atomic mass is 16.5. The van der Waals surface area contributed by atoms with Gasteiger partial charge in [-0.3, -0.25) is 24.0 Å². The van der Waals surface area contributed by atoms with Gasteiger partial charge in [0.05, 0.1) is 6.04 Å². The summed E-state index contributed by atoms with van der Waals surface area (Å²) in [6.45, 7) is 4.97. The van der Waals surface area contributed by atoms with Crippen molar-refractivity contribution in [1.29, 1.82) is 0 Å². The lowest BCUT2D eigenvalue weighted by atomic mass is 9.94. The molecule has 1 aliphatic carbocycles. The summed E-state index contributed by atoms with van der Waals surface area (Å²) in [6.07, 6.45) is 4.94. The van der Waals surface area contributed by atoms with E-state index in [0.29, 0.717) is 17.1 Å². The molecule has 1 saturated carbocycles. The molecule has 1 aliphatic rings. The van der Waals surface area contributed by atoms with Gasteiger partial charge in [0.15, 0.2) is 0 Å². The van der Waals surface area contributed by atoms with Gasteiger partial charge in [-0.1, -0.05) is 87.7 Å². The van der Waals surface area contributed by atoms with Crippen LogP contribution in [-0.4, -0.2) is 53.6 Å². The lowest BCUT2D eigenvalue weighted by Gasteiger charge is -2.26. The Balaban J connectivity index is 1.41. The number of rotatable bonds is 14. The molecule has 4 rings (SSSR count). The van der Waals surface area contributed by atoms with Crippen molar-refractivity contribution in [3.8, 4) is 11.5 Å². The fourth-order valence-electron chi connectivity index (χ4n) is 5.46. The van der Waals surface area contributed by atoms with Crippen LogP contribution in [0.2, 0.25) is 0 Å². The van der Waals surface area contributed by atoms with Gasteiger partial charge in [0.1, 0.15) is 23.6 Å². The number of hydrogen-bond acceptors (Lipinski definition) is 6. The number of Topliss-reactive ketones (excluding diaryl/α,β-unsaturated/α-hetero) is 1. The van der Waals surface area contributed by atoms with E-state index in [4.69, 9.17) is 4.74 Å². The van der Waals surface area contributed by atoms with E-state index in [-0.39, 0.29) is 18.4 Å². The first-order chi connectivity index (χ1) is 22.6. The van der Waals surface area contributed by atoms with Crippen molar-refractivity contribution in [2.75, 3.05) is 0 Å². The van der Waals surface area contributed by atoms with Crippen molar-refractivity contribution >= 4 is 29.4 Å². The van der Waals surface area contributed by atoms with Crippen LogP contribution in [0.25, 0.3) is 0 Å². The largest absolute Gasteiger partial charge is 0.457 e. The Kier molecular flexibility index (Phi) is 12.7. The molecule has 0 spiro atoms. The molecule has 1 fully saturated rings. The van der Waals surface area contributed by atoms with E-state index < -0.39 is 47.5 Å². The maximum Gasteiger partial charge on any atom is 0.289 e. The number of ketones is 1. The fourth-order valence-corrected chi connectivity index (χ4v) is 5.46. The Hall–Kier alpha value is -4.99. The summed E-state index contributed by atoms with van der Waals surface area (Å²) in [5, 5.41) is 11.0. The molecule has 3 atom stereocenters. The third kappa shape index (κ3) is 10.5. The highest BCUT2D eigenvalue weighted by Gasteiger charge is 2.33. The average Bonchev–Trinajstić information content (AvgIpc) is 3.07. The second kappa shape index (κ2) is 17.1. The van der Waals surface area contributed by atoms with Gasteiger partial charge < -0.3 is 26.0 Å². The first kappa shape index (κ1) is 34.9. The van der Waals surface area contributed by atoms with Gasteiger partial charge in [-0.15, -0.1) is 0 Å². The molecule has 248 valence electrons. The number of nitrogens with one attached hydrogen (secondary N) is 4. The monoisotopic (exact) mass is 640 g/mol. The maximum atomic E-state index is 13.6. The normalized spacial score (nSPS) is 15.1. The number of para-hydroxylation sites is 1. The average molecular weight is 641 g/mol. The zero-order chi connectivity index (χ0) is 33.8. The van der Waals surface area contributed by atoms with Crippen LogP contribution < -0.4 is 26.0 Å². The lowest BCUT2D eigenvalue weighted by molar-refractivity contribution is -0.141. The number of carbonyl (C=O) groups excluding carboxylic acids is 5. The standard InChI is InChI=1S/C37H44N4O6/c1-24(2)32(33(42)37(46)39-28-17-9-5-10-18-28)41-34(43)25(3)38-36(45)31(22-26-14-7-4-8-15-26)40-35(44)27-16-13-21-30(23-27)47-29-19-11-6-12-20-29/h4,6-8,11-16,19-21,23-25,28,31-32H,5,9-10,17-18,22H2,1-3H3,(H,38,45)(H,39,46)(H,40,44)(H,41,43). The molecular weight excluding hydrogens is 596 g/mol. The van der Waals surface area contributed by atoms with Crippen LogP contribution in [0.4, 0.5) is 0 Å². The smallest absolute Gasteiger partial charge is 0.289 e. The Bertz CT molecular complexity index is 1520. The molecule has 3 unspecified atom stereocenters. The van der Waals surface area contributed by atoms with E-state index in [9.17, 15) is 24.0 Å². The summed E-state index contributed by atoms with van der Waals surface area (Å²) in [5.74, 6) is -2.41. The molecule has 4 amide bonds. The summed E-state index contributed by atoms with van der Waals surface area (Å²) >= 11 is 0. The van der Waals surface area contributed by atoms with Gasteiger partial charge >= 0.3 is 0 Å². The van der Waals surface area contributed by atoms with Crippen LogP contribution in [0, 0.1) is 5.92 Å². The summed E-state index contributed by atoms with van der Waals surface area (Å²) < 4.78 is 5.86.